The van der Waals surface area contributed by atoms with Crippen LogP contribution in [0, 0.1) is 0 Å². The lowest BCUT2D eigenvalue weighted by Crippen LogP contribution is -2.06. The summed E-state index contributed by atoms with van der Waals surface area (Å²) in [6.07, 6.45) is 5.32. The molecule has 0 aromatic carbocycles. The Labute approximate surface area is 100 Å². The highest BCUT2D eigenvalue weighted by Gasteiger charge is 1.99. The SMILES string of the molecule is CCNc1cncc(NCc2ccn(C)n2)n1. The molecule has 0 saturated heterocycles. The summed E-state index contributed by atoms with van der Waals surface area (Å²) in [7, 11) is 1.90. The van der Waals surface area contributed by atoms with E-state index in [0.29, 0.717) is 6.54 Å². The predicted octanol–water partition coefficient (Wildman–Crippen LogP) is 1.25. The summed E-state index contributed by atoms with van der Waals surface area (Å²) in [4.78, 5) is 8.47. The number of rotatable bonds is 5. The van der Waals surface area contributed by atoms with Gasteiger partial charge in [-0.25, -0.2) is 4.98 Å². The molecule has 2 aromatic rings. The second-order valence-electron chi connectivity index (χ2n) is 3.65. The molecule has 0 atom stereocenters. The van der Waals surface area contributed by atoms with Crippen molar-refractivity contribution in [3.63, 3.8) is 0 Å². The summed E-state index contributed by atoms with van der Waals surface area (Å²) in [5.74, 6) is 1.52. The first kappa shape index (κ1) is 11.4. The van der Waals surface area contributed by atoms with Gasteiger partial charge < -0.3 is 10.6 Å². The highest BCUT2D eigenvalue weighted by atomic mass is 15.3. The quantitative estimate of drug-likeness (QED) is 0.812. The van der Waals surface area contributed by atoms with Crippen molar-refractivity contribution in [1.82, 2.24) is 19.7 Å². The molecule has 2 aromatic heterocycles. The van der Waals surface area contributed by atoms with Crippen molar-refractivity contribution < 1.29 is 0 Å². The maximum atomic E-state index is 4.37. The number of aryl methyl sites for hydroxylation is 1. The molecule has 0 bridgehead atoms. The lowest BCUT2D eigenvalue weighted by Gasteiger charge is -2.06. The van der Waals surface area contributed by atoms with Gasteiger partial charge in [-0.15, -0.1) is 0 Å². The van der Waals surface area contributed by atoms with Crippen LogP contribution in [0.2, 0.25) is 0 Å². The lowest BCUT2D eigenvalue weighted by atomic mass is 10.4. The Morgan fingerprint density at radius 1 is 1.24 bits per heavy atom. The van der Waals surface area contributed by atoms with Gasteiger partial charge in [-0.1, -0.05) is 0 Å². The highest BCUT2D eigenvalue weighted by Crippen LogP contribution is 2.07. The summed E-state index contributed by atoms with van der Waals surface area (Å²) in [6, 6.07) is 1.97. The molecule has 17 heavy (non-hydrogen) atoms. The molecule has 0 radical (unpaired) electrons. The normalized spacial score (nSPS) is 10.2. The molecule has 2 heterocycles. The summed E-state index contributed by atoms with van der Waals surface area (Å²) in [5, 5.41) is 10.6. The summed E-state index contributed by atoms with van der Waals surface area (Å²) >= 11 is 0. The van der Waals surface area contributed by atoms with Crippen LogP contribution in [0.15, 0.2) is 24.7 Å². The number of hydrogen-bond donors (Lipinski definition) is 2. The van der Waals surface area contributed by atoms with Crippen LogP contribution in [0.1, 0.15) is 12.6 Å². The Kier molecular flexibility index (Phi) is 3.54. The van der Waals surface area contributed by atoms with Crippen LogP contribution in [0.5, 0.6) is 0 Å². The maximum Gasteiger partial charge on any atom is 0.147 e. The van der Waals surface area contributed by atoms with Crippen molar-refractivity contribution in [1.29, 1.82) is 0 Å². The zero-order chi connectivity index (χ0) is 12.1. The molecule has 0 aliphatic carbocycles. The molecular formula is C11H16N6. The Morgan fingerprint density at radius 2 is 2.00 bits per heavy atom. The fourth-order valence-corrected chi connectivity index (χ4v) is 1.46. The van der Waals surface area contributed by atoms with E-state index < -0.39 is 0 Å². The number of aromatic nitrogens is 4. The largest absolute Gasteiger partial charge is 0.369 e. The third-order valence-electron chi connectivity index (χ3n) is 2.21. The van der Waals surface area contributed by atoms with Crippen molar-refractivity contribution in [3.05, 3.63) is 30.4 Å². The topological polar surface area (TPSA) is 67.7 Å². The molecule has 0 aliphatic heterocycles. The minimum Gasteiger partial charge on any atom is -0.369 e. The average molecular weight is 232 g/mol. The molecule has 6 heteroatoms. The standard InChI is InChI=1S/C11H16N6/c1-3-13-10-7-12-8-11(15-10)14-6-9-4-5-17(2)16-9/h4-5,7-8H,3,6H2,1-2H3,(H2,13,14,15). The van der Waals surface area contributed by atoms with Crippen LogP contribution in [0.3, 0.4) is 0 Å². The van der Waals surface area contributed by atoms with Gasteiger partial charge in [0.15, 0.2) is 0 Å². The second kappa shape index (κ2) is 5.29. The summed E-state index contributed by atoms with van der Waals surface area (Å²) in [5.41, 5.74) is 0.975. The lowest BCUT2D eigenvalue weighted by molar-refractivity contribution is 0.747. The van der Waals surface area contributed by atoms with E-state index in [2.05, 4.69) is 25.7 Å². The molecule has 0 unspecified atom stereocenters. The van der Waals surface area contributed by atoms with Gasteiger partial charge in [0.2, 0.25) is 0 Å². The third-order valence-corrected chi connectivity index (χ3v) is 2.21. The number of anilines is 2. The van der Waals surface area contributed by atoms with Crippen LogP contribution >= 0.6 is 0 Å². The molecule has 0 aliphatic rings. The molecule has 0 spiro atoms. The smallest absolute Gasteiger partial charge is 0.147 e. The number of nitrogens with one attached hydrogen (secondary N) is 2. The van der Waals surface area contributed by atoms with E-state index in [0.717, 1.165) is 23.9 Å². The van der Waals surface area contributed by atoms with E-state index in [1.54, 1.807) is 17.1 Å². The van der Waals surface area contributed by atoms with E-state index in [-0.39, 0.29) is 0 Å². The molecular weight excluding hydrogens is 216 g/mol. The Morgan fingerprint density at radius 3 is 2.65 bits per heavy atom. The Balaban J connectivity index is 1.96. The fourth-order valence-electron chi connectivity index (χ4n) is 1.46. The van der Waals surface area contributed by atoms with Gasteiger partial charge >= 0.3 is 0 Å². The highest BCUT2D eigenvalue weighted by molar-refractivity contribution is 5.41. The fraction of sp³-hybridized carbons (Fsp3) is 0.364. The van der Waals surface area contributed by atoms with Crippen LogP contribution in [-0.4, -0.2) is 26.3 Å². The van der Waals surface area contributed by atoms with E-state index in [9.17, 15) is 0 Å². The minimum atomic E-state index is 0.644. The van der Waals surface area contributed by atoms with Crippen molar-refractivity contribution >= 4 is 11.6 Å². The minimum absolute atomic E-state index is 0.644. The number of nitrogens with zero attached hydrogens (tertiary/aromatic N) is 4. The predicted molar refractivity (Wildman–Crippen MR) is 66.7 cm³/mol. The van der Waals surface area contributed by atoms with E-state index in [1.807, 2.05) is 26.2 Å². The van der Waals surface area contributed by atoms with Gasteiger partial charge in [0, 0.05) is 19.8 Å². The Bertz CT molecular complexity index is 478. The van der Waals surface area contributed by atoms with Gasteiger partial charge in [-0.3, -0.25) is 9.67 Å². The molecule has 6 nitrogen and oxygen atoms in total. The van der Waals surface area contributed by atoms with Crippen LogP contribution in [-0.2, 0) is 13.6 Å². The number of hydrogen-bond acceptors (Lipinski definition) is 5. The van der Waals surface area contributed by atoms with Crippen molar-refractivity contribution in [2.45, 2.75) is 13.5 Å². The first-order valence-corrected chi connectivity index (χ1v) is 5.56. The van der Waals surface area contributed by atoms with Gasteiger partial charge in [0.05, 0.1) is 24.6 Å². The molecule has 0 amide bonds. The van der Waals surface area contributed by atoms with Gasteiger partial charge in [-0.2, -0.15) is 5.10 Å². The third kappa shape index (κ3) is 3.17. The molecule has 0 saturated carbocycles. The van der Waals surface area contributed by atoms with E-state index in [4.69, 9.17) is 0 Å². The molecule has 0 fully saturated rings. The second-order valence-corrected chi connectivity index (χ2v) is 3.65. The van der Waals surface area contributed by atoms with Crippen LogP contribution in [0.4, 0.5) is 11.6 Å². The zero-order valence-electron chi connectivity index (χ0n) is 10.0. The first-order chi connectivity index (χ1) is 8.28. The van der Waals surface area contributed by atoms with Crippen molar-refractivity contribution in [2.75, 3.05) is 17.2 Å². The first-order valence-electron chi connectivity index (χ1n) is 5.56. The van der Waals surface area contributed by atoms with Crippen molar-refractivity contribution in [2.24, 2.45) is 7.05 Å². The van der Waals surface area contributed by atoms with Gasteiger partial charge in [-0.05, 0) is 13.0 Å². The van der Waals surface area contributed by atoms with Crippen LogP contribution < -0.4 is 10.6 Å². The monoisotopic (exact) mass is 232 g/mol. The maximum absolute atomic E-state index is 4.37. The van der Waals surface area contributed by atoms with Gasteiger partial charge in [0.1, 0.15) is 11.6 Å². The molecule has 2 rings (SSSR count). The zero-order valence-corrected chi connectivity index (χ0v) is 10.0. The van der Waals surface area contributed by atoms with E-state index in [1.165, 1.54) is 0 Å². The summed E-state index contributed by atoms with van der Waals surface area (Å²) in [6.45, 7) is 3.50. The summed E-state index contributed by atoms with van der Waals surface area (Å²) < 4.78 is 1.78. The van der Waals surface area contributed by atoms with Crippen LogP contribution in [0.25, 0.3) is 0 Å². The van der Waals surface area contributed by atoms with E-state index >= 15 is 0 Å². The molecule has 90 valence electrons. The molecule has 2 N–H and O–H groups in total. The van der Waals surface area contributed by atoms with Crippen molar-refractivity contribution in [3.8, 4) is 0 Å². The van der Waals surface area contributed by atoms with Gasteiger partial charge in [0.25, 0.3) is 0 Å². The Hall–Kier alpha value is -2.11. The average Bonchev–Trinajstić information content (AvgIpc) is 2.74.